The topological polar surface area (TPSA) is 57.5 Å². The van der Waals surface area contributed by atoms with Crippen molar-refractivity contribution in [3.63, 3.8) is 0 Å². The smallest absolute Gasteiger partial charge is 0.324 e. The summed E-state index contributed by atoms with van der Waals surface area (Å²) < 4.78 is 11.6. The van der Waals surface area contributed by atoms with E-state index in [9.17, 15) is 14.4 Å². The molecule has 0 radical (unpaired) electrons. The molecule has 0 amide bonds. The normalized spacial score (nSPS) is 13.5. The van der Waals surface area contributed by atoms with Crippen LogP contribution < -0.4 is 0 Å². The maximum Gasteiger partial charge on any atom is 0.328 e. The Morgan fingerprint density at radius 2 is 0.955 bits per heavy atom. The van der Waals surface area contributed by atoms with Crippen LogP contribution in [0.3, 0.4) is 0 Å². The van der Waals surface area contributed by atoms with Gasteiger partial charge in [0.2, 0.25) is 0 Å². The van der Waals surface area contributed by atoms with Crippen molar-refractivity contribution in [3.05, 3.63) is 0 Å². The highest BCUT2D eigenvalue weighted by Gasteiger charge is 2.27. The fourth-order valence-corrected chi connectivity index (χ4v) is 4.02. The third-order valence-corrected chi connectivity index (χ3v) is 5.98. The first-order chi connectivity index (χ1) is 10.5. The van der Waals surface area contributed by atoms with Gasteiger partial charge in [0.15, 0.2) is 0 Å². The molecule has 1 atom stereocenters. The average Bonchev–Trinajstić information content (AvgIpc) is 2.46. The van der Waals surface area contributed by atoms with Crippen molar-refractivity contribution in [2.45, 2.75) is 116 Å². The third kappa shape index (κ3) is 13.8. The molecule has 0 rings (SSSR count). The largest absolute Gasteiger partial charge is 0.328 e. The summed E-state index contributed by atoms with van der Waals surface area (Å²) in [7, 11) is -3.90. The lowest BCUT2D eigenvalue weighted by Crippen LogP contribution is -2.08. The molecule has 22 heavy (non-hydrogen) atoms. The molecule has 4 heteroatoms. The van der Waals surface area contributed by atoms with Gasteiger partial charge in [-0.2, -0.15) is 0 Å². The van der Waals surface area contributed by atoms with Crippen LogP contribution in [0.2, 0.25) is 0 Å². The first-order valence-electron chi connectivity index (χ1n) is 9.57. The zero-order valence-electron chi connectivity index (χ0n) is 14.9. The zero-order valence-corrected chi connectivity index (χ0v) is 15.8. The van der Waals surface area contributed by atoms with Gasteiger partial charge in [-0.15, -0.1) is 0 Å². The maximum absolute atomic E-state index is 11.6. The summed E-state index contributed by atoms with van der Waals surface area (Å²) in [6.07, 6.45) is 16.9. The fourth-order valence-electron chi connectivity index (χ4n) is 2.98. The Kier molecular flexibility index (Phi) is 14.8. The van der Waals surface area contributed by atoms with E-state index in [1.165, 1.54) is 57.8 Å². The van der Waals surface area contributed by atoms with E-state index in [4.69, 9.17) is 0 Å². The van der Waals surface area contributed by atoms with Crippen LogP contribution in [0.5, 0.6) is 0 Å². The van der Waals surface area contributed by atoms with Crippen LogP contribution in [-0.4, -0.2) is 15.4 Å². The lowest BCUT2D eigenvalue weighted by Gasteiger charge is -2.18. The van der Waals surface area contributed by atoms with Gasteiger partial charge in [-0.3, -0.25) is 4.57 Å². The van der Waals surface area contributed by atoms with E-state index >= 15 is 0 Å². The van der Waals surface area contributed by atoms with Crippen LogP contribution in [0, 0.1) is 0 Å². The third-order valence-electron chi connectivity index (χ3n) is 4.51. The van der Waals surface area contributed by atoms with Crippen LogP contribution in [0.4, 0.5) is 0 Å². The summed E-state index contributed by atoms with van der Waals surface area (Å²) in [6.45, 7) is 4.42. The van der Waals surface area contributed by atoms with Crippen molar-refractivity contribution >= 4 is 7.60 Å². The van der Waals surface area contributed by atoms with E-state index < -0.39 is 13.3 Å². The Labute approximate surface area is 138 Å². The van der Waals surface area contributed by atoms with Gasteiger partial charge in [-0.1, -0.05) is 97.3 Å². The van der Waals surface area contributed by atoms with Gasteiger partial charge in [-0.05, 0) is 12.8 Å². The zero-order chi connectivity index (χ0) is 16.7. The van der Waals surface area contributed by atoms with Gasteiger partial charge in [0.05, 0.1) is 5.66 Å². The highest BCUT2D eigenvalue weighted by molar-refractivity contribution is 7.52. The molecule has 134 valence electrons. The van der Waals surface area contributed by atoms with E-state index in [0.29, 0.717) is 12.8 Å². The monoisotopic (exact) mass is 334 g/mol. The molecule has 2 N–H and O–H groups in total. The molecular formula is C18H39O3P. The van der Waals surface area contributed by atoms with Crippen molar-refractivity contribution < 1.29 is 14.4 Å². The second-order valence-electron chi connectivity index (χ2n) is 6.71. The molecule has 0 aromatic rings. The molecule has 1 unspecified atom stereocenters. The highest BCUT2D eigenvalue weighted by atomic mass is 31.2. The van der Waals surface area contributed by atoms with Crippen LogP contribution in [0.25, 0.3) is 0 Å². The number of rotatable bonds is 16. The standard InChI is InChI=1S/C18H39O3P/c1-3-5-7-9-11-13-15-17-18(22(19,20)21)16-14-12-10-8-6-4-2/h18H,3-17H2,1-2H3,(H2,19,20,21). The van der Waals surface area contributed by atoms with Gasteiger partial charge in [0.1, 0.15) is 0 Å². The molecule has 0 aromatic heterocycles. The van der Waals surface area contributed by atoms with Crippen molar-refractivity contribution in [2.24, 2.45) is 0 Å². The Hall–Kier alpha value is 0.150. The Morgan fingerprint density at radius 1 is 0.636 bits per heavy atom. The van der Waals surface area contributed by atoms with Crippen LogP contribution in [0.15, 0.2) is 0 Å². The van der Waals surface area contributed by atoms with Crippen molar-refractivity contribution in [1.29, 1.82) is 0 Å². The van der Waals surface area contributed by atoms with E-state index in [1.807, 2.05) is 0 Å². The lowest BCUT2D eigenvalue weighted by atomic mass is 10.0. The average molecular weight is 334 g/mol. The van der Waals surface area contributed by atoms with Gasteiger partial charge in [0.25, 0.3) is 0 Å². The summed E-state index contributed by atoms with van der Waals surface area (Å²) in [5.41, 5.74) is -0.394. The van der Waals surface area contributed by atoms with E-state index in [1.54, 1.807) is 0 Å². The highest BCUT2D eigenvalue weighted by Crippen LogP contribution is 2.46. The fraction of sp³-hybridized carbons (Fsp3) is 1.00. The van der Waals surface area contributed by atoms with Crippen molar-refractivity contribution in [1.82, 2.24) is 0 Å². The van der Waals surface area contributed by atoms with E-state index in [2.05, 4.69) is 13.8 Å². The minimum atomic E-state index is -3.90. The minimum absolute atomic E-state index is 0.394. The lowest BCUT2D eigenvalue weighted by molar-refractivity contribution is 0.345. The van der Waals surface area contributed by atoms with Gasteiger partial charge < -0.3 is 9.79 Å². The van der Waals surface area contributed by atoms with Crippen LogP contribution in [0.1, 0.15) is 110 Å². The van der Waals surface area contributed by atoms with Gasteiger partial charge in [-0.25, -0.2) is 0 Å². The molecular weight excluding hydrogens is 295 g/mol. The van der Waals surface area contributed by atoms with Crippen LogP contribution in [-0.2, 0) is 4.57 Å². The van der Waals surface area contributed by atoms with Gasteiger partial charge in [0, 0.05) is 0 Å². The first kappa shape index (κ1) is 22.1. The van der Waals surface area contributed by atoms with E-state index in [-0.39, 0.29) is 0 Å². The van der Waals surface area contributed by atoms with Crippen molar-refractivity contribution in [2.75, 3.05) is 0 Å². The number of hydrogen-bond donors (Lipinski definition) is 2. The molecule has 0 spiro atoms. The summed E-state index contributed by atoms with van der Waals surface area (Å²) in [6, 6.07) is 0. The summed E-state index contributed by atoms with van der Waals surface area (Å²) >= 11 is 0. The Bertz CT molecular complexity index is 276. The number of hydrogen-bond acceptors (Lipinski definition) is 1. The maximum atomic E-state index is 11.6. The molecule has 0 saturated carbocycles. The molecule has 0 fully saturated rings. The molecule has 0 heterocycles. The quantitative estimate of drug-likeness (QED) is 0.253. The first-order valence-corrected chi connectivity index (χ1v) is 11.3. The number of unbranched alkanes of at least 4 members (excludes halogenated alkanes) is 11. The minimum Gasteiger partial charge on any atom is -0.324 e. The summed E-state index contributed by atoms with van der Waals surface area (Å²) in [5, 5.41) is 0. The molecule has 0 aliphatic heterocycles. The van der Waals surface area contributed by atoms with Crippen molar-refractivity contribution in [3.8, 4) is 0 Å². The van der Waals surface area contributed by atoms with Crippen LogP contribution >= 0.6 is 7.60 Å². The summed E-state index contributed by atoms with van der Waals surface area (Å²) in [4.78, 5) is 19.0. The second-order valence-corrected chi connectivity index (χ2v) is 8.62. The predicted octanol–water partition coefficient (Wildman–Crippen LogP) is 6.42. The second kappa shape index (κ2) is 14.7. The molecule has 0 saturated heterocycles. The molecule has 0 bridgehead atoms. The Morgan fingerprint density at radius 3 is 1.27 bits per heavy atom. The Balaban J connectivity index is 3.74. The van der Waals surface area contributed by atoms with E-state index in [0.717, 1.165) is 25.7 Å². The molecule has 0 aliphatic rings. The SMILES string of the molecule is CCCCCCCCCC(CCCCCCCC)P(=O)(O)O. The predicted molar refractivity (Wildman–Crippen MR) is 96.4 cm³/mol. The summed E-state index contributed by atoms with van der Waals surface area (Å²) in [5.74, 6) is 0. The molecule has 0 aliphatic carbocycles. The van der Waals surface area contributed by atoms with Gasteiger partial charge >= 0.3 is 7.60 Å². The molecule has 3 nitrogen and oxygen atoms in total. The molecule has 0 aromatic carbocycles.